The quantitative estimate of drug-likeness (QED) is 0.342. The average Bonchev–Trinajstić information content (AvgIpc) is 3.29. The summed E-state index contributed by atoms with van der Waals surface area (Å²) in [5.41, 5.74) is 2.50. The number of nitrogens with zero attached hydrogens (tertiary/aromatic N) is 3. The lowest BCUT2D eigenvalue weighted by Crippen LogP contribution is -2.45. The first kappa shape index (κ1) is 36.1. The minimum absolute atomic E-state index is 0.0154. The molecule has 3 aromatic rings. The molecule has 1 aromatic carbocycles. The predicted octanol–water partition coefficient (Wildman–Crippen LogP) is 4.08. The number of carboxylic acids is 2. The van der Waals surface area contributed by atoms with Crippen LogP contribution >= 0.6 is 0 Å². The molecule has 2 aliphatic rings. The zero-order chi connectivity index (χ0) is 34.0. The molecule has 2 atom stereocenters. The van der Waals surface area contributed by atoms with Crippen LogP contribution in [0, 0.1) is 0 Å². The Bertz CT molecular complexity index is 1450. The van der Waals surface area contributed by atoms with Crippen molar-refractivity contribution in [2.45, 2.75) is 43.4 Å². The second-order valence-corrected chi connectivity index (χ2v) is 10.3. The van der Waals surface area contributed by atoms with Crippen LogP contribution in [-0.4, -0.2) is 99.8 Å². The number of pyridine rings is 2. The van der Waals surface area contributed by atoms with Crippen LogP contribution in [0.25, 0.3) is 10.9 Å². The molecule has 0 unspecified atom stereocenters. The van der Waals surface area contributed by atoms with Crippen molar-refractivity contribution in [1.29, 1.82) is 0 Å². The second kappa shape index (κ2) is 15.8. The van der Waals surface area contributed by atoms with E-state index in [1.807, 2.05) is 12.3 Å². The van der Waals surface area contributed by atoms with Gasteiger partial charge in [0.1, 0.15) is 5.60 Å². The Kier molecular flexibility index (Phi) is 12.4. The molecule has 0 saturated carbocycles. The molecule has 3 N–H and O–H groups in total. The minimum atomic E-state index is -5.08. The van der Waals surface area contributed by atoms with E-state index in [9.17, 15) is 31.1 Å². The molecule has 0 radical (unpaired) electrons. The molecule has 0 aliphatic carbocycles. The lowest BCUT2D eigenvalue weighted by molar-refractivity contribution is -0.193. The fraction of sp³-hybridized carbons (Fsp3) is 0.414. The van der Waals surface area contributed by atoms with Crippen LogP contribution in [0.4, 0.5) is 26.3 Å². The number of aliphatic carboxylic acids is 2. The number of para-hydroxylation sites is 1. The summed E-state index contributed by atoms with van der Waals surface area (Å²) in [6, 6.07) is 13.9. The molecule has 0 bridgehead atoms. The van der Waals surface area contributed by atoms with E-state index < -0.39 is 24.3 Å². The lowest BCUT2D eigenvalue weighted by Gasteiger charge is -2.32. The number of hydrogen-bond donors (Lipinski definition) is 3. The number of nitrogens with one attached hydrogen (secondary N) is 1. The average molecular weight is 661 g/mol. The molecule has 2 fully saturated rings. The third kappa shape index (κ3) is 10.9. The van der Waals surface area contributed by atoms with Gasteiger partial charge in [-0.15, -0.1) is 0 Å². The normalized spacial score (nSPS) is 20.1. The third-order valence-electron chi connectivity index (χ3n) is 6.78. The number of amides is 1. The number of benzene rings is 1. The Morgan fingerprint density at radius 3 is 2.26 bits per heavy atom. The highest BCUT2D eigenvalue weighted by Crippen LogP contribution is 2.33. The zero-order valence-corrected chi connectivity index (χ0v) is 24.1. The summed E-state index contributed by atoms with van der Waals surface area (Å²) in [5, 5.41) is 18.4. The van der Waals surface area contributed by atoms with E-state index >= 15 is 0 Å². The van der Waals surface area contributed by atoms with Gasteiger partial charge in [0.15, 0.2) is 0 Å². The maximum atomic E-state index is 12.3. The van der Waals surface area contributed by atoms with Crippen molar-refractivity contribution in [3.8, 4) is 0 Å². The van der Waals surface area contributed by atoms with Crippen LogP contribution < -0.4 is 5.32 Å². The number of fused-ring (bicyclic) bond motifs is 1. The van der Waals surface area contributed by atoms with Crippen LogP contribution in [0.1, 0.15) is 28.8 Å². The van der Waals surface area contributed by atoms with Gasteiger partial charge >= 0.3 is 24.3 Å². The van der Waals surface area contributed by atoms with Crippen molar-refractivity contribution in [3.05, 3.63) is 72.2 Å². The molecule has 1 amide bonds. The van der Waals surface area contributed by atoms with E-state index in [1.54, 1.807) is 24.5 Å². The number of alkyl halides is 6. The van der Waals surface area contributed by atoms with Crippen molar-refractivity contribution in [2.24, 2.45) is 0 Å². The molecule has 250 valence electrons. The number of carbonyl (C=O) groups is 3. The van der Waals surface area contributed by atoms with Gasteiger partial charge in [-0.1, -0.05) is 24.3 Å². The largest absolute Gasteiger partial charge is 0.490 e. The number of rotatable bonds is 5. The molecule has 2 aliphatic heterocycles. The standard InChI is InChI=1S/C25H28N4O3.2C2HF3O2/c30-24(20-7-2-10-26-14-20)28-15-22-8-9-25(32-22)17-29(12-13-31-18-25)16-21-5-1-4-19-6-3-11-27-23(19)21;2*3-2(4,5)1(6)7/h1-7,10-11,14,22H,8-9,12-13,15-18H2,(H,28,30);2*(H,6,7)/t22-,25-;;/m1../s1. The summed E-state index contributed by atoms with van der Waals surface area (Å²) in [5.74, 6) is -5.63. The lowest BCUT2D eigenvalue weighted by atomic mass is 9.99. The Hall–Kier alpha value is -4.35. The topological polar surface area (TPSA) is 151 Å². The Morgan fingerprint density at radius 1 is 0.978 bits per heavy atom. The van der Waals surface area contributed by atoms with Gasteiger partial charge < -0.3 is 25.0 Å². The Labute approximate surface area is 258 Å². The van der Waals surface area contributed by atoms with Crippen LogP contribution in [0.2, 0.25) is 0 Å². The van der Waals surface area contributed by atoms with Gasteiger partial charge in [0.05, 0.1) is 30.4 Å². The maximum absolute atomic E-state index is 12.3. The van der Waals surface area contributed by atoms with E-state index in [-0.39, 0.29) is 17.6 Å². The van der Waals surface area contributed by atoms with Crippen molar-refractivity contribution < 1.29 is 60.4 Å². The van der Waals surface area contributed by atoms with Crippen molar-refractivity contribution >= 4 is 28.7 Å². The molecule has 1 spiro atoms. The van der Waals surface area contributed by atoms with E-state index in [1.165, 1.54) is 5.56 Å². The molecule has 2 aromatic heterocycles. The molecule has 5 rings (SSSR count). The monoisotopic (exact) mass is 660 g/mol. The van der Waals surface area contributed by atoms with Crippen LogP contribution in [-0.2, 0) is 25.6 Å². The van der Waals surface area contributed by atoms with Crippen molar-refractivity contribution in [1.82, 2.24) is 20.2 Å². The number of aromatic nitrogens is 2. The molecule has 2 saturated heterocycles. The fourth-order valence-electron chi connectivity index (χ4n) is 4.72. The van der Waals surface area contributed by atoms with E-state index in [4.69, 9.17) is 29.3 Å². The molecular formula is C29H30F6N4O7. The summed E-state index contributed by atoms with van der Waals surface area (Å²) < 4.78 is 75.9. The summed E-state index contributed by atoms with van der Waals surface area (Å²) >= 11 is 0. The molecular weight excluding hydrogens is 630 g/mol. The molecule has 17 heteroatoms. The number of hydrogen-bond acceptors (Lipinski definition) is 8. The van der Waals surface area contributed by atoms with Crippen LogP contribution in [0.15, 0.2) is 61.1 Å². The fourth-order valence-corrected chi connectivity index (χ4v) is 4.72. The van der Waals surface area contributed by atoms with Gasteiger partial charge in [-0.2, -0.15) is 26.3 Å². The molecule has 11 nitrogen and oxygen atoms in total. The van der Waals surface area contributed by atoms with Crippen molar-refractivity contribution in [2.75, 3.05) is 32.8 Å². The molecule has 4 heterocycles. The highest BCUT2D eigenvalue weighted by molar-refractivity contribution is 5.93. The summed E-state index contributed by atoms with van der Waals surface area (Å²) in [6.07, 6.45) is -3.27. The Balaban J connectivity index is 0.000000345. The number of carbonyl (C=O) groups excluding carboxylic acids is 1. The number of halogens is 6. The van der Waals surface area contributed by atoms with Crippen LogP contribution in [0.5, 0.6) is 0 Å². The predicted molar refractivity (Wildman–Crippen MR) is 149 cm³/mol. The van der Waals surface area contributed by atoms with E-state index in [0.29, 0.717) is 25.3 Å². The SMILES string of the molecule is O=C(NC[C@H]1CC[C@@]2(COCCN(Cc3cccc4cccnc34)C2)O1)c1cccnc1.O=C(O)C(F)(F)F.O=C(O)C(F)(F)F. The summed E-state index contributed by atoms with van der Waals surface area (Å²) in [7, 11) is 0. The van der Waals surface area contributed by atoms with Gasteiger partial charge in [-0.25, -0.2) is 9.59 Å². The summed E-state index contributed by atoms with van der Waals surface area (Å²) in [6.45, 7) is 4.24. The summed E-state index contributed by atoms with van der Waals surface area (Å²) in [4.78, 5) is 41.2. The van der Waals surface area contributed by atoms with Gasteiger partial charge in [-0.3, -0.25) is 19.7 Å². The Morgan fingerprint density at radius 2 is 1.63 bits per heavy atom. The van der Waals surface area contributed by atoms with Crippen LogP contribution in [0.3, 0.4) is 0 Å². The zero-order valence-electron chi connectivity index (χ0n) is 24.1. The second-order valence-electron chi connectivity index (χ2n) is 10.3. The molecule has 46 heavy (non-hydrogen) atoms. The number of ether oxygens (including phenoxy) is 2. The van der Waals surface area contributed by atoms with E-state index in [2.05, 4.69) is 44.5 Å². The number of carboxylic acid groups (broad SMARTS) is 2. The first-order valence-electron chi connectivity index (χ1n) is 13.7. The van der Waals surface area contributed by atoms with Gasteiger partial charge in [0.25, 0.3) is 5.91 Å². The minimum Gasteiger partial charge on any atom is -0.475 e. The van der Waals surface area contributed by atoms with Crippen molar-refractivity contribution in [3.63, 3.8) is 0 Å². The first-order valence-corrected chi connectivity index (χ1v) is 13.7. The van der Waals surface area contributed by atoms with Gasteiger partial charge in [0.2, 0.25) is 0 Å². The highest BCUT2D eigenvalue weighted by atomic mass is 19.4. The highest BCUT2D eigenvalue weighted by Gasteiger charge is 2.43. The first-order chi connectivity index (χ1) is 21.6. The van der Waals surface area contributed by atoms with Gasteiger partial charge in [-0.05, 0) is 36.6 Å². The third-order valence-corrected chi connectivity index (χ3v) is 6.78. The van der Waals surface area contributed by atoms with E-state index in [0.717, 1.165) is 43.4 Å². The smallest absolute Gasteiger partial charge is 0.475 e. The van der Waals surface area contributed by atoms with Gasteiger partial charge in [0, 0.05) is 50.2 Å². The maximum Gasteiger partial charge on any atom is 0.490 e.